The van der Waals surface area contributed by atoms with Gasteiger partial charge in [0.15, 0.2) is 0 Å². The van der Waals surface area contributed by atoms with Crippen LogP contribution in [0.2, 0.25) is 5.02 Å². The molecule has 0 saturated carbocycles. The fraction of sp³-hybridized carbons (Fsp3) is 0.333. The molecule has 2 amide bonds. The van der Waals surface area contributed by atoms with E-state index < -0.39 is 11.9 Å². The number of amides is 2. The minimum absolute atomic E-state index is 0.146. The van der Waals surface area contributed by atoms with Gasteiger partial charge in [-0.2, -0.15) is 0 Å². The molecule has 1 aliphatic heterocycles. The molecule has 2 rings (SSSR count). The summed E-state index contributed by atoms with van der Waals surface area (Å²) in [6.45, 7) is 1.74. The van der Waals surface area contributed by atoms with Crippen LogP contribution in [0, 0.1) is 5.82 Å². The lowest BCUT2D eigenvalue weighted by Crippen LogP contribution is -2.43. The molecule has 1 aliphatic rings. The second kappa shape index (κ2) is 4.94. The van der Waals surface area contributed by atoms with Gasteiger partial charge in [-0.1, -0.05) is 11.6 Å². The SMILES string of the molecule is CC1NC(=O)CCN(c2ccc(Cl)cc2F)C1=O. The second-order valence-electron chi connectivity index (χ2n) is 4.12. The van der Waals surface area contributed by atoms with E-state index in [1.54, 1.807) is 6.92 Å². The molecule has 0 radical (unpaired) electrons. The number of carbonyl (C=O) groups is 2. The Morgan fingerprint density at radius 1 is 1.44 bits per heavy atom. The zero-order chi connectivity index (χ0) is 13.3. The summed E-state index contributed by atoms with van der Waals surface area (Å²) in [7, 11) is 0. The van der Waals surface area contributed by atoms with Gasteiger partial charge in [0.25, 0.3) is 0 Å². The van der Waals surface area contributed by atoms with Gasteiger partial charge in [0.05, 0.1) is 5.69 Å². The third kappa shape index (κ3) is 2.46. The molecule has 1 saturated heterocycles. The molecule has 96 valence electrons. The Labute approximate surface area is 109 Å². The first kappa shape index (κ1) is 12.8. The summed E-state index contributed by atoms with van der Waals surface area (Å²) in [5.41, 5.74) is 0.146. The fourth-order valence-electron chi connectivity index (χ4n) is 1.87. The van der Waals surface area contributed by atoms with Crippen LogP contribution >= 0.6 is 11.6 Å². The standard InChI is InChI=1S/C12H12ClFN2O2/c1-7-12(18)16(5-4-11(17)15-7)10-3-2-8(13)6-9(10)14/h2-3,6-7H,4-5H2,1H3,(H,15,17). The third-order valence-electron chi connectivity index (χ3n) is 2.78. The predicted octanol–water partition coefficient (Wildman–Crippen LogP) is 1.72. The first-order valence-electron chi connectivity index (χ1n) is 5.55. The van der Waals surface area contributed by atoms with E-state index in [4.69, 9.17) is 11.6 Å². The number of halogens is 2. The first-order chi connectivity index (χ1) is 8.49. The van der Waals surface area contributed by atoms with E-state index in [0.717, 1.165) is 6.07 Å². The number of hydrogen-bond acceptors (Lipinski definition) is 2. The van der Waals surface area contributed by atoms with E-state index in [-0.39, 0.29) is 35.5 Å². The van der Waals surface area contributed by atoms with Gasteiger partial charge >= 0.3 is 0 Å². The summed E-state index contributed by atoms with van der Waals surface area (Å²) >= 11 is 5.67. The Hall–Kier alpha value is -1.62. The van der Waals surface area contributed by atoms with Crippen molar-refractivity contribution in [1.82, 2.24) is 5.32 Å². The largest absolute Gasteiger partial charge is 0.345 e. The van der Waals surface area contributed by atoms with Crippen LogP contribution in [0.25, 0.3) is 0 Å². The maximum Gasteiger partial charge on any atom is 0.249 e. The average Bonchev–Trinajstić information content (AvgIpc) is 2.41. The Morgan fingerprint density at radius 3 is 2.83 bits per heavy atom. The second-order valence-corrected chi connectivity index (χ2v) is 4.56. The number of carbonyl (C=O) groups excluding carboxylic acids is 2. The van der Waals surface area contributed by atoms with Crippen LogP contribution in [0.4, 0.5) is 10.1 Å². The lowest BCUT2D eigenvalue weighted by Gasteiger charge is -2.22. The average molecular weight is 271 g/mol. The van der Waals surface area contributed by atoms with Crippen LogP contribution in [0.1, 0.15) is 13.3 Å². The van der Waals surface area contributed by atoms with Crippen LogP contribution in [0.3, 0.4) is 0 Å². The van der Waals surface area contributed by atoms with Crippen LogP contribution in [-0.4, -0.2) is 24.4 Å². The van der Waals surface area contributed by atoms with Gasteiger partial charge in [-0.05, 0) is 25.1 Å². The normalized spacial score (nSPS) is 20.6. The van der Waals surface area contributed by atoms with Gasteiger partial charge in [-0.15, -0.1) is 0 Å². The van der Waals surface area contributed by atoms with Crippen molar-refractivity contribution >= 4 is 29.1 Å². The molecule has 18 heavy (non-hydrogen) atoms. The molecular weight excluding hydrogens is 259 g/mol. The molecule has 6 heteroatoms. The van der Waals surface area contributed by atoms with Gasteiger partial charge in [0.2, 0.25) is 11.8 Å². The number of benzene rings is 1. The van der Waals surface area contributed by atoms with Crippen LogP contribution in [0.15, 0.2) is 18.2 Å². The van der Waals surface area contributed by atoms with Crippen molar-refractivity contribution in [2.45, 2.75) is 19.4 Å². The van der Waals surface area contributed by atoms with E-state index >= 15 is 0 Å². The summed E-state index contributed by atoms with van der Waals surface area (Å²) in [5.74, 6) is -1.12. The quantitative estimate of drug-likeness (QED) is 0.845. The number of nitrogens with zero attached hydrogens (tertiary/aromatic N) is 1. The number of hydrogen-bond donors (Lipinski definition) is 1. The minimum atomic E-state index is -0.657. The topological polar surface area (TPSA) is 49.4 Å². The Morgan fingerprint density at radius 2 is 2.17 bits per heavy atom. The number of nitrogens with one attached hydrogen (secondary N) is 1. The van der Waals surface area contributed by atoms with Crippen molar-refractivity contribution in [1.29, 1.82) is 0 Å². The Balaban J connectivity index is 2.36. The third-order valence-corrected chi connectivity index (χ3v) is 3.01. The highest BCUT2D eigenvalue weighted by atomic mass is 35.5. The fourth-order valence-corrected chi connectivity index (χ4v) is 2.03. The summed E-state index contributed by atoms with van der Waals surface area (Å²) in [6, 6.07) is 3.44. The molecule has 0 aromatic heterocycles. The molecule has 1 fully saturated rings. The number of anilines is 1. The van der Waals surface area contributed by atoms with E-state index in [1.165, 1.54) is 17.0 Å². The van der Waals surface area contributed by atoms with Crippen molar-refractivity contribution in [3.63, 3.8) is 0 Å². The highest BCUT2D eigenvalue weighted by Crippen LogP contribution is 2.24. The summed E-state index contributed by atoms with van der Waals surface area (Å²) in [5, 5.41) is 2.81. The van der Waals surface area contributed by atoms with Gasteiger partial charge in [-0.25, -0.2) is 4.39 Å². The molecule has 0 spiro atoms. The summed E-state index contributed by atoms with van der Waals surface area (Å²) in [6.07, 6.45) is 0.151. The van der Waals surface area contributed by atoms with Gasteiger partial charge < -0.3 is 10.2 Å². The smallest absolute Gasteiger partial charge is 0.249 e. The van der Waals surface area contributed by atoms with Crippen molar-refractivity contribution in [3.05, 3.63) is 29.0 Å². The first-order valence-corrected chi connectivity index (χ1v) is 5.92. The van der Waals surface area contributed by atoms with E-state index in [0.29, 0.717) is 0 Å². The van der Waals surface area contributed by atoms with Crippen LogP contribution in [-0.2, 0) is 9.59 Å². The molecular formula is C12H12ClFN2O2. The highest BCUT2D eigenvalue weighted by molar-refractivity contribution is 6.30. The molecule has 4 nitrogen and oxygen atoms in total. The summed E-state index contributed by atoms with van der Waals surface area (Å²) < 4.78 is 13.8. The molecule has 1 heterocycles. The summed E-state index contributed by atoms with van der Waals surface area (Å²) in [4.78, 5) is 24.7. The molecule has 0 aliphatic carbocycles. The maximum absolute atomic E-state index is 13.8. The van der Waals surface area contributed by atoms with Crippen LogP contribution in [0.5, 0.6) is 0 Å². The Kier molecular flexibility index (Phi) is 3.52. The van der Waals surface area contributed by atoms with Crippen molar-refractivity contribution < 1.29 is 14.0 Å². The van der Waals surface area contributed by atoms with Crippen molar-refractivity contribution in [2.24, 2.45) is 0 Å². The molecule has 1 N–H and O–H groups in total. The lowest BCUT2D eigenvalue weighted by molar-refractivity contribution is -0.125. The molecule has 0 bridgehead atoms. The maximum atomic E-state index is 13.8. The minimum Gasteiger partial charge on any atom is -0.345 e. The van der Waals surface area contributed by atoms with Crippen LogP contribution < -0.4 is 10.2 Å². The van der Waals surface area contributed by atoms with Crippen molar-refractivity contribution in [2.75, 3.05) is 11.4 Å². The Bertz CT molecular complexity index is 507. The van der Waals surface area contributed by atoms with E-state index in [2.05, 4.69) is 5.32 Å². The lowest BCUT2D eigenvalue weighted by atomic mass is 10.2. The van der Waals surface area contributed by atoms with Gasteiger partial charge in [0.1, 0.15) is 11.9 Å². The number of rotatable bonds is 1. The zero-order valence-corrected chi connectivity index (χ0v) is 10.5. The zero-order valence-electron chi connectivity index (χ0n) is 9.74. The molecule has 1 aromatic rings. The molecule has 1 atom stereocenters. The van der Waals surface area contributed by atoms with E-state index in [1.807, 2.05) is 0 Å². The van der Waals surface area contributed by atoms with Crippen molar-refractivity contribution in [3.8, 4) is 0 Å². The monoisotopic (exact) mass is 270 g/mol. The van der Waals surface area contributed by atoms with Gasteiger partial charge in [-0.3, -0.25) is 9.59 Å². The van der Waals surface area contributed by atoms with Gasteiger partial charge in [0, 0.05) is 18.0 Å². The highest BCUT2D eigenvalue weighted by Gasteiger charge is 2.28. The van der Waals surface area contributed by atoms with E-state index in [9.17, 15) is 14.0 Å². The molecule has 1 aromatic carbocycles. The molecule has 1 unspecified atom stereocenters. The predicted molar refractivity (Wildman–Crippen MR) is 66.0 cm³/mol.